The number of methoxy groups -OCH3 is 1. The first kappa shape index (κ1) is 8.05. The van der Waals surface area contributed by atoms with E-state index in [1.807, 2.05) is 0 Å². The van der Waals surface area contributed by atoms with Gasteiger partial charge in [-0.05, 0) is 25.8 Å². The lowest BCUT2D eigenvalue weighted by atomic mass is 9.82. The van der Waals surface area contributed by atoms with Crippen molar-refractivity contribution in [3.63, 3.8) is 0 Å². The molecule has 1 saturated carbocycles. The Balaban J connectivity index is 2.21. The van der Waals surface area contributed by atoms with Crippen LogP contribution in [0.3, 0.4) is 0 Å². The highest BCUT2D eigenvalue weighted by atomic mass is 16.5. The van der Waals surface area contributed by atoms with Crippen molar-refractivity contribution in [1.82, 2.24) is 5.32 Å². The van der Waals surface area contributed by atoms with Crippen LogP contribution in [0, 0.1) is 5.41 Å². The second-order valence-corrected chi connectivity index (χ2v) is 3.80. The Bertz CT molecular complexity index is 193. The fourth-order valence-electron chi connectivity index (χ4n) is 2.69. The predicted octanol–water partition coefficient (Wildman–Crippen LogP) is 0.692. The number of nitrogens with one attached hydrogen (secondary N) is 1. The first-order valence-electron chi connectivity index (χ1n) is 4.61. The van der Waals surface area contributed by atoms with Gasteiger partial charge in [0, 0.05) is 6.04 Å². The van der Waals surface area contributed by atoms with Crippen molar-refractivity contribution in [3.8, 4) is 0 Å². The van der Waals surface area contributed by atoms with Gasteiger partial charge in [0.15, 0.2) is 0 Å². The lowest BCUT2D eigenvalue weighted by Gasteiger charge is -2.24. The van der Waals surface area contributed by atoms with Gasteiger partial charge in [-0.3, -0.25) is 4.79 Å². The molecule has 3 nitrogen and oxygen atoms in total. The van der Waals surface area contributed by atoms with Gasteiger partial charge in [-0.2, -0.15) is 0 Å². The third kappa shape index (κ3) is 0.891. The smallest absolute Gasteiger partial charge is 0.313 e. The van der Waals surface area contributed by atoms with Crippen LogP contribution in [0.2, 0.25) is 0 Å². The molecule has 2 aliphatic rings. The molecule has 2 rings (SSSR count). The normalized spacial score (nSPS) is 39.6. The Labute approximate surface area is 72.5 Å². The summed E-state index contributed by atoms with van der Waals surface area (Å²) in [7, 11) is 1.49. The van der Waals surface area contributed by atoms with E-state index in [4.69, 9.17) is 4.74 Å². The van der Waals surface area contributed by atoms with Crippen molar-refractivity contribution in [2.45, 2.75) is 31.7 Å². The molecule has 1 heterocycles. The molecule has 1 aliphatic carbocycles. The van der Waals surface area contributed by atoms with E-state index in [0.29, 0.717) is 6.04 Å². The van der Waals surface area contributed by atoms with Gasteiger partial charge >= 0.3 is 5.97 Å². The zero-order chi connectivity index (χ0) is 8.60. The number of ether oxygens (including phenoxy) is 1. The van der Waals surface area contributed by atoms with Gasteiger partial charge < -0.3 is 10.1 Å². The van der Waals surface area contributed by atoms with E-state index >= 15 is 0 Å². The van der Waals surface area contributed by atoms with E-state index in [-0.39, 0.29) is 11.4 Å². The molecule has 68 valence electrons. The number of esters is 1. The molecule has 1 aliphatic heterocycles. The molecule has 0 bridgehead atoms. The maximum Gasteiger partial charge on any atom is 0.313 e. The minimum atomic E-state index is -0.158. The molecule has 0 radical (unpaired) electrons. The van der Waals surface area contributed by atoms with E-state index in [2.05, 4.69) is 5.32 Å². The average molecular weight is 169 g/mol. The zero-order valence-electron chi connectivity index (χ0n) is 7.43. The minimum absolute atomic E-state index is 0.00463. The lowest BCUT2D eigenvalue weighted by molar-refractivity contribution is -0.152. The molecule has 3 heteroatoms. The third-order valence-electron chi connectivity index (χ3n) is 3.34. The van der Waals surface area contributed by atoms with Crippen LogP contribution in [-0.2, 0) is 9.53 Å². The third-order valence-corrected chi connectivity index (χ3v) is 3.34. The molecular formula is C9H15NO2. The molecule has 2 fully saturated rings. The van der Waals surface area contributed by atoms with Gasteiger partial charge in [0.2, 0.25) is 0 Å². The van der Waals surface area contributed by atoms with Gasteiger partial charge in [-0.1, -0.05) is 6.42 Å². The highest BCUT2D eigenvalue weighted by Crippen LogP contribution is 2.45. The maximum absolute atomic E-state index is 11.6. The Morgan fingerprint density at radius 3 is 3.17 bits per heavy atom. The largest absolute Gasteiger partial charge is 0.469 e. The van der Waals surface area contributed by atoms with Crippen molar-refractivity contribution >= 4 is 5.97 Å². The second kappa shape index (κ2) is 2.73. The number of hydrogen-bond acceptors (Lipinski definition) is 3. The van der Waals surface area contributed by atoms with Gasteiger partial charge in [-0.25, -0.2) is 0 Å². The summed E-state index contributed by atoms with van der Waals surface area (Å²) in [5.74, 6) is -0.00463. The fraction of sp³-hybridized carbons (Fsp3) is 0.889. The lowest BCUT2D eigenvalue weighted by Crippen LogP contribution is -2.39. The first-order chi connectivity index (χ1) is 5.79. The molecule has 0 unspecified atom stereocenters. The van der Waals surface area contributed by atoms with E-state index in [9.17, 15) is 4.79 Å². The van der Waals surface area contributed by atoms with Crippen molar-refractivity contribution in [3.05, 3.63) is 0 Å². The molecular weight excluding hydrogens is 154 g/mol. The highest BCUT2D eigenvalue weighted by Gasteiger charge is 2.52. The molecule has 0 aromatic heterocycles. The van der Waals surface area contributed by atoms with Gasteiger partial charge in [0.1, 0.15) is 0 Å². The average Bonchev–Trinajstić information content (AvgIpc) is 2.60. The Morgan fingerprint density at radius 2 is 2.42 bits per heavy atom. The summed E-state index contributed by atoms with van der Waals surface area (Å²) in [6, 6.07) is 0.393. The van der Waals surface area contributed by atoms with Gasteiger partial charge in [0.05, 0.1) is 12.5 Å². The van der Waals surface area contributed by atoms with Gasteiger partial charge in [0.25, 0.3) is 0 Å². The summed E-state index contributed by atoms with van der Waals surface area (Å²) in [4.78, 5) is 11.6. The Kier molecular flexibility index (Phi) is 1.83. The number of fused-ring (bicyclic) bond motifs is 1. The summed E-state index contributed by atoms with van der Waals surface area (Å²) in [5.41, 5.74) is -0.158. The Morgan fingerprint density at radius 1 is 1.58 bits per heavy atom. The van der Waals surface area contributed by atoms with Crippen LogP contribution in [-0.4, -0.2) is 25.7 Å². The van der Waals surface area contributed by atoms with E-state index in [1.165, 1.54) is 7.11 Å². The van der Waals surface area contributed by atoms with Crippen LogP contribution in [0.15, 0.2) is 0 Å². The maximum atomic E-state index is 11.6. The van der Waals surface area contributed by atoms with Crippen LogP contribution >= 0.6 is 0 Å². The quantitative estimate of drug-likeness (QED) is 0.587. The summed E-state index contributed by atoms with van der Waals surface area (Å²) in [6.45, 7) is 0.972. The number of carbonyl (C=O) groups excluding carboxylic acids is 1. The molecule has 12 heavy (non-hydrogen) atoms. The summed E-state index contributed by atoms with van der Waals surface area (Å²) in [5, 5.41) is 3.37. The van der Waals surface area contributed by atoms with Crippen molar-refractivity contribution in [1.29, 1.82) is 0 Å². The molecule has 0 aromatic carbocycles. The fourth-order valence-corrected chi connectivity index (χ4v) is 2.69. The number of hydrogen-bond donors (Lipinski definition) is 1. The predicted molar refractivity (Wildman–Crippen MR) is 44.7 cm³/mol. The second-order valence-electron chi connectivity index (χ2n) is 3.80. The van der Waals surface area contributed by atoms with E-state index in [0.717, 1.165) is 32.2 Å². The number of carbonyl (C=O) groups is 1. The summed E-state index contributed by atoms with van der Waals surface area (Å²) in [6.07, 6.45) is 4.27. The van der Waals surface area contributed by atoms with Crippen molar-refractivity contribution in [2.75, 3.05) is 13.7 Å². The highest BCUT2D eigenvalue weighted by molar-refractivity contribution is 5.78. The molecule has 0 spiro atoms. The minimum Gasteiger partial charge on any atom is -0.469 e. The first-order valence-corrected chi connectivity index (χ1v) is 4.61. The van der Waals surface area contributed by atoms with E-state index < -0.39 is 0 Å². The molecule has 0 amide bonds. The molecule has 2 atom stereocenters. The molecule has 1 N–H and O–H groups in total. The zero-order valence-corrected chi connectivity index (χ0v) is 7.43. The van der Waals surface area contributed by atoms with Crippen molar-refractivity contribution < 1.29 is 9.53 Å². The summed E-state index contributed by atoms with van der Waals surface area (Å²) < 4.78 is 4.86. The van der Waals surface area contributed by atoms with Crippen LogP contribution in [0.5, 0.6) is 0 Å². The molecule has 0 aromatic rings. The topological polar surface area (TPSA) is 38.3 Å². The standard InChI is InChI=1S/C9H15NO2/c1-12-8(11)9-4-2-3-7(9)10-6-5-9/h7,10H,2-6H2,1H3/t7-,9-/m1/s1. The van der Waals surface area contributed by atoms with Gasteiger partial charge in [-0.15, -0.1) is 0 Å². The van der Waals surface area contributed by atoms with E-state index in [1.54, 1.807) is 0 Å². The monoisotopic (exact) mass is 169 g/mol. The number of rotatable bonds is 1. The van der Waals surface area contributed by atoms with Crippen LogP contribution in [0.1, 0.15) is 25.7 Å². The van der Waals surface area contributed by atoms with Crippen LogP contribution < -0.4 is 5.32 Å². The molecule has 1 saturated heterocycles. The van der Waals surface area contributed by atoms with Crippen LogP contribution in [0.4, 0.5) is 0 Å². The summed E-state index contributed by atoms with van der Waals surface area (Å²) >= 11 is 0. The van der Waals surface area contributed by atoms with Crippen LogP contribution in [0.25, 0.3) is 0 Å². The Hall–Kier alpha value is -0.570. The van der Waals surface area contributed by atoms with Crippen molar-refractivity contribution in [2.24, 2.45) is 5.41 Å². The SMILES string of the molecule is COC(=O)[C@@]12CCC[C@H]1NCC2.